The Morgan fingerprint density at radius 2 is 2.00 bits per heavy atom. The van der Waals surface area contributed by atoms with Crippen LogP contribution in [0.2, 0.25) is 5.02 Å². The van der Waals surface area contributed by atoms with Crippen LogP contribution in [0, 0.1) is 6.92 Å². The molecule has 0 bridgehead atoms. The summed E-state index contributed by atoms with van der Waals surface area (Å²) in [6.07, 6.45) is -7.76. The normalized spacial score (nSPS) is 17.9. The van der Waals surface area contributed by atoms with Crippen LogP contribution in [-0.4, -0.2) is 33.0 Å². The molecule has 4 rings (SSSR count). The van der Waals surface area contributed by atoms with Gasteiger partial charge < -0.3 is 14.6 Å². The second-order valence-electron chi connectivity index (χ2n) is 7.24. The molecule has 0 unspecified atom stereocenters. The van der Waals surface area contributed by atoms with E-state index >= 15 is 0 Å². The Morgan fingerprint density at radius 3 is 2.66 bits per heavy atom. The molecule has 0 saturated carbocycles. The first-order valence-corrected chi connectivity index (χ1v) is 9.82. The number of hydrogen-bond acceptors (Lipinski definition) is 5. The van der Waals surface area contributed by atoms with E-state index in [4.69, 9.17) is 21.1 Å². The van der Waals surface area contributed by atoms with Gasteiger partial charge in [0.25, 0.3) is 0 Å². The number of nitrogens with zero attached hydrogens (tertiary/aromatic N) is 3. The predicted molar refractivity (Wildman–Crippen MR) is 107 cm³/mol. The predicted octanol–water partition coefficient (Wildman–Crippen LogP) is 4.89. The summed E-state index contributed by atoms with van der Waals surface area (Å²) in [4.78, 5) is 11.5. The SMILES string of the molecule is COc1cccc([C@@H]2O[C@@H](CC(=O)O)c3nnc(C(F)(F)F)n3-c3ccc(C)cc32)c1Cl. The molecule has 32 heavy (non-hydrogen) atoms. The number of ether oxygens (including phenoxy) is 2. The molecule has 11 heteroatoms. The summed E-state index contributed by atoms with van der Waals surface area (Å²) in [5, 5.41) is 16.6. The van der Waals surface area contributed by atoms with Crippen LogP contribution < -0.4 is 4.74 Å². The number of fused-ring (bicyclic) bond motifs is 3. The number of carbonyl (C=O) groups is 1. The maximum Gasteiger partial charge on any atom is 0.452 e. The van der Waals surface area contributed by atoms with Gasteiger partial charge in [-0.25, -0.2) is 0 Å². The van der Waals surface area contributed by atoms with E-state index in [1.54, 1.807) is 37.3 Å². The molecule has 7 nitrogen and oxygen atoms in total. The Hall–Kier alpha value is -3.11. The van der Waals surface area contributed by atoms with E-state index in [0.717, 1.165) is 10.1 Å². The average Bonchev–Trinajstić information content (AvgIpc) is 3.12. The summed E-state index contributed by atoms with van der Waals surface area (Å²) in [6, 6.07) is 9.76. The van der Waals surface area contributed by atoms with Gasteiger partial charge in [-0.05, 0) is 19.1 Å². The van der Waals surface area contributed by atoms with E-state index in [-0.39, 0.29) is 16.5 Å². The third-order valence-corrected chi connectivity index (χ3v) is 5.50. The Kier molecular flexibility index (Phi) is 5.59. The van der Waals surface area contributed by atoms with Crippen molar-refractivity contribution >= 4 is 17.6 Å². The van der Waals surface area contributed by atoms with E-state index in [9.17, 15) is 23.1 Å². The zero-order chi connectivity index (χ0) is 23.2. The fourth-order valence-corrected chi connectivity index (χ4v) is 4.04. The number of hydrogen-bond donors (Lipinski definition) is 1. The van der Waals surface area contributed by atoms with E-state index < -0.39 is 36.6 Å². The number of benzene rings is 2. The maximum atomic E-state index is 13.8. The average molecular weight is 468 g/mol. The summed E-state index contributed by atoms with van der Waals surface area (Å²) in [6.45, 7) is 1.78. The smallest absolute Gasteiger partial charge is 0.452 e. The van der Waals surface area contributed by atoms with E-state index in [0.29, 0.717) is 16.9 Å². The molecule has 0 spiro atoms. The number of aliphatic carboxylic acids is 1. The lowest BCUT2D eigenvalue weighted by molar-refractivity contribution is -0.146. The Morgan fingerprint density at radius 1 is 1.25 bits per heavy atom. The van der Waals surface area contributed by atoms with Crippen LogP contribution in [0.4, 0.5) is 13.2 Å². The van der Waals surface area contributed by atoms with E-state index in [1.165, 1.54) is 13.2 Å². The minimum Gasteiger partial charge on any atom is -0.495 e. The van der Waals surface area contributed by atoms with Crippen LogP contribution in [0.25, 0.3) is 5.69 Å². The number of halogens is 4. The molecular formula is C21H17ClF3N3O4. The van der Waals surface area contributed by atoms with Crippen molar-refractivity contribution in [2.45, 2.75) is 31.7 Å². The van der Waals surface area contributed by atoms with Crippen LogP contribution in [0.1, 0.15) is 47.0 Å². The lowest BCUT2D eigenvalue weighted by Crippen LogP contribution is -2.17. The molecular weight excluding hydrogens is 451 g/mol. The van der Waals surface area contributed by atoms with Crippen molar-refractivity contribution in [1.29, 1.82) is 0 Å². The lowest BCUT2D eigenvalue weighted by atomic mass is 9.97. The van der Waals surface area contributed by atoms with Gasteiger partial charge in [0, 0.05) is 11.1 Å². The maximum absolute atomic E-state index is 13.8. The van der Waals surface area contributed by atoms with Crippen molar-refractivity contribution in [3.05, 3.63) is 69.8 Å². The van der Waals surface area contributed by atoms with Gasteiger partial charge >= 0.3 is 12.1 Å². The van der Waals surface area contributed by atoms with Crippen LogP contribution in [0.5, 0.6) is 5.75 Å². The molecule has 2 aromatic carbocycles. The topological polar surface area (TPSA) is 86.5 Å². The second kappa shape index (κ2) is 8.10. The summed E-state index contributed by atoms with van der Waals surface area (Å²) >= 11 is 6.51. The minimum absolute atomic E-state index is 0.125. The highest BCUT2D eigenvalue weighted by Gasteiger charge is 2.43. The lowest BCUT2D eigenvalue weighted by Gasteiger charge is -2.23. The molecule has 2 atom stereocenters. The monoisotopic (exact) mass is 467 g/mol. The number of aromatic nitrogens is 3. The van der Waals surface area contributed by atoms with Gasteiger partial charge in [-0.3, -0.25) is 9.36 Å². The van der Waals surface area contributed by atoms with Crippen LogP contribution in [0.3, 0.4) is 0 Å². The van der Waals surface area contributed by atoms with Gasteiger partial charge in [0.15, 0.2) is 5.82 Å². The fourth-order valence-electron chi connectivity index (χ4n) is 3.74. The summed E-state index contributed by atoms with van der Waals surface area (Å²) in [5.74, 6) is -2.45. The minimum atomic E-state index is -4.82. The second-order valence-corrected chi connectivity index (χ2v) is 7.62. The first kappa shape index (κ1) is 22.1. The summed E-state index contributed by atoms with van der Waals surface area (Å²) in [5.41, 5.74) is 1.66. The van der Waals surface area contributed by atoms with Crippen molar-refractivity contribution in [1.82, 2.24) is 14.8 Å². The standard InChI is InChI=1S/C21H17ClF3N3O4/c1-10-6-7-13-12(8-10)18(11-4-3-5-14(31-2)17(11)22)32-15(9-16(29)30)19-26-27-20(28(13)19)21(23,24)25/h3-8,15,18H,9H2,1-2H3,(H,29,30)/t15-,18-/m0/s1. The van der Waals surface area contributed by atoms with Crippen molar-refractivity contribution in [2.24, 2.45) is 0 Å². The zero-order valence-electron chi connectivity index (χ0n) is 16.9. The highest BCUT2D eigenvalue weighted by molar-refractivity contribution is 6.32. The molecule has 3 aromatic rings. The highest BCUT2D eigenvalue weighted by atomic mass is 35.5. The van der Waals surface area contributed by atoms with Crippen LogP contribution >= 0.6 is 11.6 Å². The Balaban J connectivity index is 2.03. The molecule has 1 aliphatic rings. The first-order valence-electron chi connectivity index (χ1n) is 9.45. The summed E-state index contributed by atoms with van der Waals surface area (Å²) < 4.78 is 53.5. The molecule has 1 aliphatic heterocycles. The molecule has 2 heterocycles. The molecule has 0 saturated heterocycles. The third kappa shape index (κ3) is 3.80. The molecule has 0 aliphatic carbocycles. The Bertz CT molecular complexity index is 1200. The molecule has 0 radical (unpaired) electrons. The fraction of sp³-hybridized carbons (Fsp3) is 0.286. The van der Waals surface area contributed by atoms with Gasteiger partial charge in [0.05, 0.1) is 24.2 Å². The third-order valence-electron chi connectivity index (χ3n) is 5.09. The van der Waals surface area contributed by atoms with Crippen molar-refractivity contribution in [2.75, 3.05) is 7.11 Å². The van der Waals surface area contributed by atoms with Crippen LogP contribution in [-0.2, 0) is 15.7 Å². The molecule has 1 N–H and O–H groups in total. The number of methoxy groups -OCH3 is 1. The number of carboxylic acids is 1. The van der Waals surface area contributed by atoms with Gasteiger partial charge in [0.1, 0.15) is 18.0 Å². The number of rotatable bonds is 4. The van der Waals surface area contributed by atoms with Crippen molar-refractivity contribution < 1.29 is 32.5 Å². The van der Waals surface area contributed by atoms with Gasteiger partial charge in [0.2, 0.25) is 5.82 Å². The van der Waals surface area contributed by atoms with Gasteiger partial charge in [-0.15, -0.1) is 10.2 Å². The molecule has 0 amide bonds. The van der Waals surface area contributed by atoms with E-state index in [2.05, 4.69) is 10.2 Å². The van der Waals surface area contributed by atoms with Crippen molar-refractivity contribution in [3.63, 3.8) is 0 Å². The highest BCUT2D eigenvalue weighted by Crippen LogP contribution is 2.46. The molecule has 0 fully saturated rings. The van der Waals surface area contributed by atoms with Gasteiger partial charge in [-0.2, -0.15) is 13.2 Å². The number of aryl methyl sites for hydroxylation is 1. The quantitative estimate of drug-likeness (QED) is 0.588. The first-order chi connectivity index (χ1) is 15.1. The van der Waals surface area contributed by atoms with Crippen molar-refractivity contribution in [3.8, 4) is 11.4 Å². The largest absolute Gasteiger partial charge is 0.495 e. The Labute approximate surface area is 185 Å². The molecule has 168 valence electrons. The van der Waals surface area contributed by atoms with E-state index in [1.807, 2.05) is 0 Å². The zero-order valence-corrected chi connectivity index (χ0v) is 17.6. The number of carboxylic acid groups (broad SMARTS) is 1. The summed E-state index contributed by atoms with van der Waals surface area (Å²) in [7, 11) is 1.43. The van der Waals surface area contributed by atoms with Crippen LogP contribution in [0.15, 0.2) is 36.4 Å². The molecule has 1 aromatic heterocycles. The van der Waals surface area contributed by atoms with Gasteiger partial charge in [-0.1, -0.05) is 41.4 Å². The number of alkyl halides is 3.